The lowest BCUT2D eigenvalue weighted by Crippen LogP contribution is -2.17. The summed E-state index contributed by atoms with van der Waals surface area (Å²) in [5.74, 6) is 0.252. The summed E-state index contributed by atoms with van der Waals surface area (Å²) in [4.78, 5) is 19.1. The first-order valence-electron chi connectivity index (χ1n) is 6.75. The smallest absolute Gasteiger partial charge is 0.258 e. The third-order valence-corrected chi connectivity index (χ3v) is 4.16. The van der Waals surface area contributed by atoms with E-state index in [4.69, 9.17) is 11.6 Å². The number of rotatable bonds is 2. The fourth-order valence-corrected chi connectivity index (χ4v) is 3.06. The van der Waals surface area contributed by atoms with Crippen LogP contribution in [0.4, 0.5) is 0 Å². The van der Waals surface area contributed by atoms with Crippen molar-refractivity contribution in [2.75, 3.05) is 0 Å². The maximum Gasteiger partial charge on any atom is 0.258 e. The van der Waals surface area contributed by atoms with Crippen LogP contribution in [-0.4, -0.2) is 15.1 Å². The first-order chi connectivity index (χ1) is 9.66. The van der Waals surface area contributed by atoms with Crippen molar-refractivity contribution in [1.82, 2.24) is 9.97 Å². The van der Waals surface area contributed by atoms with Crippen LogP contribution < -0.4 is 5.56 Å². The second-order valence-corrected chi connectivity index (χ2v) is 5.52. The molecule has 0 amide bonds. The van der Waals surface area contributed by atoms with Crippen LogP contribution in [0, 0.1) is 0 Å². The summed E-state index contributed by atoms with van der Waals surface area (Å²) in [5.41, 5.74) is 0.761. The third-order valence-electron chi connectivity index (χ3n) is 3.83. The summed E-state index contributed by atoms with van der Waals surface area (Å²) in [6, 6.07) is 7.09. The summed E-state index contributed by atoms with van der Waals surface area (Å²) >= 11 is 6.09. The highest BCUT2D eigenvalue weighted by molar-refractivity contribution is 6.33. The summed E-state index contributed by atoms with van der Waals surface area (Å²) in [5, 5.41) is 10.6. The van der Waals surface area contributed by atoms with E-state index in [1.54, 1.807) is 18.2 Å². The zero-order valence-corrected chi connectivity index (χ0v) is 11.7. The van der Waals surface area contributed by atoms with Crippen LogP contribution in [0.2, 0.25) is 5.02 Å². The number of aromatic nitrogens is 2. The molecule has 2 aromatic rings. The Kier molecular flexibility index (Phi) is 3.49. The lowest BCUT2D eigenvalue weighted by atomic mass is 10.00. The molecule has 20 heavy (non-hydrogen) atoms. The summed E-state index contributed by atoms with van der Waals surface area (Å²) in [7, 11) is 0. The minimum Gasteiger partial charge on any atom is -0.493 e. The Morgan fingerprint density at radius 3 is 2.60 bits per heavy atom. The summed E-state index contributed by atoms with van der Waals surface area (Å²) in [6.45, 7) is 0. The first-order valence-corrected chi connectivity index (χ1v) is 7.12. The highest BCUT2D eigenvalue weighted by Crippen LogP contribution is 2.36. The molecule has 1 aromatic heterocycles. The molecule has 0 saturated heterocycles. The molecule has 0 unspecified atom stereocenters. The van der Waals surface area contributed by atoms with Gasteiger partial charge >= 0.3 is 0 Å². The lowest BCUT2D eigenvalue weighted by Gasteiger charge is -2.11. The maximum absolute atomic E-state index is 12.2. The molecule has 1 aliphatic rings. The highest BCUT2D eigenvalue weighted by Gasteiger charge is 2.25. The number of H-pyrrole nitrogens is 1. The van der Waals surface area contributed by atoms with Crippen molar-refractivity contribution < 1.29 is 5.11 Å². The normalized spacial score (nSPS) is 15.7. The largest absolute Gasteiger partial charge is 0.493 e. The number of hydrogen-bond acceptors (Lipinski definition) is 3. The van der Waals surface area contributed by atoms with Gasteiger partial charge in [0.05, 0.1) is 10.6 Å². The Balaban J connectivity index is 2.08. The Morgan fingerprint density at radius 2 is 1.95 bits per heavy atom. The molecular weight excluding hydrogens is 276 g/mol. The molecule has 1 heterocycles. The molecule has 1 aromatic carbocycles. The molecule has 3 rings (SSSR count). The van der Waals surface area contributed by atoms with Gasteiger partial charge in [0, 0.05) is 5.56 Å². The van der Waals surface area contributed by atoms with Gasteiger partial charge in [-0.1, -0.05) is 36.6 Å². The maximum atomic E-state index is 12.2. The zero-order valence-electron chi connectivity index (χ0n) is 10.9. The van der Waals surface area contributed by atoms with Crippen molar-refractivity contribution in [3.05, 3.63) is 45.2 Å². The quantitative estimate of drug-likeness (QED) is 0.890. The number of aromatic hydroxyl groups is 1. The fourth-order valence-electron chi connectivity index (χ4n) is 2.83. The Morgan fingerprint density at radius 1 is 1.25 bits per heavy atom. The van der Waals surface area contributed by atoms with Crippen molar-refractivity contribution >= 4 is 11.6 Å². The molecule has 1 aliphatic carbocycles. The van der Waals surface area contributed by atoms with Crippen molar-refractivity contribution in [3.63, 3.8) is 0 Å². The minimum absolute atomic E-state index is 0.117. The van der Waals surface area contributed by atoms with Gasteiger partial charge in [-0.2, -0.15) is 4.98 Å². The number of nitrogens with zero attached hydrogens (tertiary/aromatic N) is 1. The molecule has 5 heteroatoms. The van der Waals surface area contributed by atoms with Crippen LogP contribution in [0.15, 0.2) is 29.1 Å². The Hall–Kier alpha value is -1.81. The van der Waals surface area contributed by atoms with Gasteiger partial charge in [0.25, 0.3) is 5.56 Å². The van der Waals surface area contributed by atoms with E-state index >= 15 is 0 Å². The van der Waals surface area contributed by atoms with Crippen LogP contribution in [-0.2, 0) is 0 Å². The van der Waals surface area contributed by atoms with Crippen LogP contribution in [0.5, 0.6) is 5.88 Å². The molecule has 4 nitrogen and oxygen atoms in total. The van der Waals surface area contributed by atoms with E-state index in [0.717, 1.165) is 25.7 Å². The van der Waals surface area contributed by atoms with Crippen molar-refractivity contribution in [2.24, 2.45) is 0 Å². The van der Waals surface area contributed by atoms with E-state index in [9.17, 15) is 9.90 Å². The van der Waals surface area contributed by atoms with Gasteiger partial charge in [-0.15, -0.1) is 0 Å². The van der Waals surface area contributed by atoms with Gasteiger partial charge in [0.1, 0.15) is 5.82 Å². The molecule has 0 aliphatic heterocycles. The zero-order chi connectivity index (χ0) is 14.1. The van der Waals surface area contributed by atoms with E-state index in [1.165, 1.54) is 0 Å². The molecule has 0 atom stereocenters. The van der Waals surface area contributed by atoms with Crippen LogP contribution in [0.25, 0.3) is 11.4 Å². The molecule has 1 fully saturated rings. The fraction of sp³-hybridized carbons (Fsp3) is 0.333. The van der Waals surface area contributed by atoms with Gasteiger partial charge in [-0.3, -0.25) is 4.79 Å². The third kappa shape index (κ3) is 2.31. The summed E-state index contributed by atoms with van der Waals surface area (Å²) < 4.78 is 0. The first kappa shape index (κ1) is 13.2. The van der Waals surface area contributed by atoms with Crippen LogP contribution in [0.1, 0.15) is 37.2 Å². The average molecular weight is 291 g/mol. The minimum atomic E-state index is -0.265. The number of halogens is 1. The number of hydrogen-bond donors (Lipinski definition) is 2. The van der Waals surface area contributed by atoms with Gasteiger partial charge < -0.3 is 10.1 Å². The number of aromatic amines is 1. The van der Waals surface area contributed by atoms with Crippen molar-refractivity contribution in [3.8, 4) is 17.3 Å². The standard InChI is InChI=1S/C15H15ClN2O2/c16-11-8-4-3-7-10(11)13-17-14(19)12(15(20)18-13)9-5-1-2-6-9/h3-4,7-9H,1-2,5-6H2,(H2,17,18,19,20). The highest BCUT2D eigenvalue weighted by atomic mass is 35.5. The summed E-state index contributed by atoms with van der Waals surface area (Å²) in [6.07, 6.45) is 4.05. The molecule has 104 valence electrons. The number of benzene rings is 1. The molecule has 0 radical (unpaired) electrons. The van der Waals surface area contributed by atoms with Gasteiger partial charge in [-0.05, 0) is 30.9 Å². The van der Waals surface area contributed by atoms with E-state index in [0.29, 0.717) is 22.0 Å². The van der Waals surface area contributed by atoms with Gasteiger partial charge in [0.2, 0.25) is 5.88 Å². The Bertz CT molecular complexity index is 691. The average Bonchev–Trinajstić information content (AvgIpc) is 2.92. The SMILES string of the molecule is O=c1[nH]c(-c2ccccc2Cl)nc(O)c1C1CCCC1. The predicted octanol–water partition coefficient (Wildman–Crippen LogP) is 3.45. The molecule has 0 bridgehead atoms. The van der Waals surface area contributed by atoms with E-state index in [-0.39, 0.29) is 17.4 Å². The van der Waals surface area contributed by atoms with E-state index in [1.807, 2.05) is 6.07 Å². The lowest BCUT2D eigenvalue weighted by molar-refractivity contribution is 0.436. The van der Waals surface area contributed by atoms with Gasteiger partial charge in [-0.25, -0.2) is 0 Å². The van der Waals surface area contributed by atoms with Crippen LogP contribution >= 0.6 is 11.6 Å². The molecule has 2 N–H and O–H groups in total. The predicted molar refractivity (Wildman–Crippen MR) is 78.2 cm³/mol. The second-order valence-electron chi connectivity index (χ2n) is 5.11. The molecule has 1 saturated carbocycles. The molecular formula is C15H15ClN2O2. The second kappa shape index (κ2) is 5.29. The topological polar surface area (TPSA) is 66.0 Å². The molecule has 0 spiro atoms. The monoisotopic (exact) mass is 290 g/mol. The van der Waals surface area contributed by atoms with Crippen LogP contribution in [0.3, 0.4) is 0 Å². The van der Waals surface area contributed by atoms with E-state index in [2.05, 4.69) is 9.97 Å². The van der Waals surface area contributed by atoms with Crippen molar-refractivity contribution in [2.45, 2.75) is 31.6 Å². The van der Waals surface area contributed by atoms with E-state index < -0.39 is 0 Å². The Labute approximate surface area is 121 Å². The van der Waals surface area contributed by atoms with Crippen molar-refractivity contribution in [1.29, 1.82) is 0 Å². The van der Waals surface area contributed by atoms with Gasteiger partial charge in [0.15, 0.2) is 0 Å². The number of nitrogens with one attached hydrogen (secondary N) is 1.